The van der Waals surface area contributed by atoms with E-state index < -0.39 is 0 Å². The Morgan fingerprint density at radius 3 is 2.41 bits per heavy atom. The fourth-order valence-corrected chi connectivity index (χ4v) is 5.36. The minimum atomic E-state index is -0.279. The van der Waals surface area contributed by atoms with Crippen molar-refractivity contribution in [1.29, 1.82) is 0 Å². The second kappa shape index (κ2) is 10.1. The van der Waals surface area contributed by atoms with Crippen molar-refractivity contribution in [1.82, 2.24) is 10.2 Å². The Labute approximate surface area is 191 Å². The zero-order chi connectivity index (χ0) is 22.7. The molecule has 32 heavy (non-hydrogen) atoms. The Morgan fingerprint density at radius 2 is 1.72 bits per heavy atom. The van der Waals surface area contributed by atoms with Crippen LogP contribution in [0.3, 0.4) is 0 Å². The third kappa shape index (κ3) is 5.16. The molecule has 0 aromatic heterocycles. The summed E-state index contributed by atoms with van der Waals surface area (Å²) < 4.78 is 0. The van der Waals surface area contributed by atoms with Gasteiger partial charge < -0.3 is 15.1 Å². The summed E-state index contributed by atoms with van der Waals surface area (Å²) in [5.41, 5.74) is 2.09. The topological polar surface area (TPSA) is 69.7 Å². The first-order valence-corrected chi connectivity index (χ1v) is 12.4. The van der Waals surface area contributed by atoms with Gasteiger partial charge in [-0.2, -0.15) is 0 Å². The molecule has 1 saturated carbocycles. The van der Waals surface area contributed by atoms with E-state index in [2.05, 4.69) is 31.3 Å². The smallest absolute Gasteiger partial charge is 0.228 e. The lowest BCUT2D eigenvalue weighted by Gasteiger charge is -2.34. The van der Waals surface area contributed by atoms with Crippen LogP contribution in [-0.2, 0) is 14.4 Å². The van der Waals surface area contributed by atoms with E-state index in [-0.39, 0.29) is 42.0 Å². The molecule has 1 aliphatic carbocycles. The molecule has 1 unspecified atom stereocenters. The van der Waals surface area contributed by atoms with Gasteiger partial charge in [0.25, 0.3) is 0 Å². The number of carbonyl (C=O) groups is 3. The standard InChI is InChI=1S/C26H37N3O3/c1-18(2)20-9-6-10-23(15-20)29-17-21(16-24(29)30)26(32)28-13-11-22(12-14-28)27-25(31)19-7-4-3-5-8-19/h6,9-10,15,18-19,21-22H,3-5,7-8,11-14,16-17H2,1-2H3,(H,27,31). The van der Waals surface area contributed by atoms with Crippen molar-refractivity contribution in [2.45, 2.75) is 77.2 Å². The number of nitrogens with one attached hydrogen (secondary N) is 1. The number of amides is 3. The average molecular weight is 440 g/mol. The van der Waals surface area contributed by atoms with Gasteiger partial charge in [0.05, 0.1) is 5.92 Å². The van der Waals surface area contributed by atoms with Crippen molar-refractivity contribution in [2.75, 3.05) is 24.5 Å². The van der Waals surface area contributed by atoms with Crippen LogP contribution >= 0.6 is 0 Å². The first kappa shape index (κ1) is 22.8. The molecule has 4 rings (SSSR count). The Bertz CT molecular complexity index is 838. The molecule has 0 radical (unpaired) electrons. The van der Waals surface area contributed by atoms with Crippen LogP contribution in [0.2, 0.25) is 0 Å². The van der Waals surface area contributed by atoms with Gasteiger partial charge in [0.15, 0.2) is 0 Å². The molecule has 3 fully saturated rings. The molecular weight excluding hydrogens is 402 g/mol. The van der Waals surface area contributed by atoms with Crippen LogP contribution in [0, 0.1) is 11.8 Å². The first-order valence-electron chi connectivity index (χ1n) is 12.4. The van der Waals surface area contributed by atoms with Crippen LogP contribution in [0.15, 0.2) is 24.3 Å². The Hall–Kier alpha value is -2.37. The molecule has 2 heterocycles. The summed E-state index contributed by atoms with van der Waals surface area (Å²) in [5, 5.41) is 3.23. The van der Waals surface area contributed by atoms with Crippen LogP contribution in [0.5, 0.6) is 0 Å². The average Bonchev–Trinajstić information content (AvgIpc) is 3.21. The van der Waals surface area contributed by atoms with E-state index >= 15 is 0 Å². The van der Waals surface area contributed by atoms with E-state index in [0.29, 0.717) is 25.6 Å². The fourth-order valence-electron chi connectivity index (χ4n) is 5.36. The predicted molar refractivity (Wildman–Crippen MR) is 125 cm³/mol. The van der Waals surface area contributed by atoms with Crippen LogP contribution in [0.4, 0.5) is 5.69 Å². The van der Waals surface area contributed by atoms with E-state index in [0.717, 1.165) is 44.2 Å². The minimum Gasteiger partial charge on any atom is -0.353 e. The summed E-state index contributed by atoms with van der Waals surface area (Å²) in [4.78, 5) is 42.0. The van der Waals surface area contributed by atoms with E-state index in [4.69, 9.17) is 0 Å². The van der Waals surface area contributed by atoms with Crippen molar-refractivity contribution >= 4 is 23.4 Å². The van der Waals surface area contributed by atoms with Gasteiger partial charge in [-0.3, -0.25) is 14.4 Å². The Morgan fingerprint density at radius 1 is 1.00 bits per heavy atom. The maximum atomic E-state index is 13.1. The normalized spacial score (nSPS) is 23.1. The number of nitrogens with zero attached hydrogens (tertiary/aromatic N) is 2. The lowest BCUT2D eigenvalue weighted by molar-refractivity contribution is -0.137. The van der Waals surface area contributed by atoms with Gasteiger partial charge in [-0.25, -0.2) is 0 Å². The third-order valence-corrected chi connectivity index (χ3v) is 7.45. The molecule has 1 aromatic rings. The van der Waals surface area contributed by atoms with Gasteiger partial charge in [0, 0.05) is 43.7 Å². The quantitative estimate of drug-likeness (QED) is 0.758. The van der Waals surface area contributed by atoms with Gasteiger partial charge in [0.1, 0.15) is 0 Å². The van der Waals surface area contributed by atoms with Gasteiger partial charge >= 0.3 is 0 Å². The molecule has 2 saturated heterocycles. The molecule has 6 heteroatoms. The number of carbonyl (C=O) groups excluding carboxylic acids is 3. The molecule has 2 aliphatic heterocycles. The zero-order valence-corrected chi connectivity index (χ0v) is 19.5. The van der Waals surface area contributed by atoms with Crippen LogP contribution in [0.1, 0.15) is 76.7 Å². The highest BCUT2D eigenvalue weighted by atomic mass is 16.2. The summed E-state index contributed by atoms with van der Waals surface area (Å²) in [6.07, 6.45) is 7.45. The lowest BCUT2D eigenvalue weighted by Crippen LogP contribution is -2.49. The maximum absolute atomic E-state index is 13.1. The molecule has 1 aromatic carbocycles. The second-order valence-electron chi connectivity index (χ2n) is 10.1. The largest absolute Gasteiger partial charge is 0.353 e. The van der Waals surface area contributed by atoms with Crippen molar-refractivity contribution in [3.63, 3.8) is 0 Å². The summed E-state index contributed by atoms with van der Waals surface area (Å²) in [5.74, 6) is 0.601. The SMILES string of the molecule is CC(C)c1cccc(N2CC(C(=O)N3CCC(NC(=O)C4CCCCC4)CC3)CC2=O)c1. The number of rotatable bonds is 5. The number of benzene rings is 1. The summed E-state index contributed by atoms with van der Waals surface area (Å²) in [7, 11) is 0. The molecule has 6 nitrogen and oxygen atoms in total. The summed E-state index contributed by atoms with van der Waals surface area (Å²) in [6.45, 7) is 6.04. The third-order valence-electron chi connectivity index (χ3n) is 7.45. The van der Waals surface area contributed by atoms with Gasteiger partial charge in [-0.1, -0.05) is 45.2 Å². The van der Waals surface area contributed by atoms with Gasteiger partial charge in [-0.15, -0.1) is 0 Å². The lowest BCUT2D eigenvalue weighted by atomic mass is 9.88. The van der Waals surface area contributed by atoms with Crippen LogP contribution in [0.25, 0.3) is 0 Å². The first-order chi connectivity index (χ1) is 15.4. The van der Waals surface area contributed by atoms with Crippen molar-refractivity contribution in [3.05, 3.63) is 29.8 Å². The van der Waals surface area contributed by atoms with E-state index in [1.54, 1.807) is 4.90 Å². The summed E-state index contributed by atoms with van der Waals surface area (Å²) in [6, 6.07) is 8.25. The molecule has 1 N–H and O–H groups in total. The molecule has 3 aliphatic rings. The van der Waals surface area contributed by atoms with Crippen LogP contribution in [-0.4, -0.2) is 48.3 Å². The fraction of sp³-hybridized carbons (Fsp3) is 0.654. The highest BCUT2D eigenvalue weighted by Gasteiger charge is 2.38. The molecule has 0 spiro atoms. The zero-order valence-electron chi connectivity index (χ0n) is 19.5. The van der Waals surface area contributed by atoms with Gasteiger partial charge in [-0.05, 0) is 49.3 Å². The van der Waals surface area contributed by atoms with Crippen LogP contribution < -0.4 is 10.2 Å². The maximum Gasteiger partial charge on any atom is 0.228 e. The number of hydrogen-bond acceptors (Lipinski definition) is 3. The number of hydrogen-bond donors (Lipinski definition) is 1. The molecule has 0 bridgehead atoms. The predicted octanol–water partition coefficient (Wildman–Crippen LogP) is 3.85. The number of likely N-dealkylation sites (tertiary alicyclic amines) is 1. The molecule has 1 atom stereocenters. The Kier molecular flexibility index (Phi) is 7.17. The minimum absolute atomic E-state index is 0.0267. The van der Waals surface area contributed by atoms with Gasteiger partial charge in [0.2, 0.25) is 17.7 Å². The van der Waals surface area contributed by atoms with E-state index in [1.807, 2.05) is 17.0 Å². The Balaban J connectivity index is 1.28. The van der Waals surface area contributed by atoms with E-state index in [1.165, 1.54) is 12.0 Å². The molecule has 174 valence electrons. The highest BCUT2D eigenvalue weighted by Crippen LogP contribution is 2.29. The van der Waals surface area contributed by atoms with Crippen molar-refractivity contribution < 1.29 is 14.4 Å². The monoisotopic (exact) mass is 439 g/mol. The highest BCUT2D eigenvalue weighted by molar-refractivity contribution is 6.00. The second-order valence-corrected chi connectivity index (χ2v) is 10.1. The van der Waals surface area contributed by atoms with Crippen molar-refractivity contribution in [3.8, 4) is 0 Å². The number of anilines is 1. The number of piperidine rings is 1. The van der Waals surface area contributed by atoms with Crippen molar-refractivity contribution in [2.24, 2.45) is 11.8 Å². The molecule has 3 amide bonds. The van der Waals surface area contributed by atoms with E-state index in [9.17, 15) is 14.4 Å². The summed E-state index contributed by atoms with van der Waals surface area (Å²) >= 11 is 0. The molecular formula is C26H37N3O3.